The number of aromatic nitrogens is 1. The first-order valence-electron chi connectivity index (χ1n) is 8.86. The molecule has 0 aliphatic carbocycles. The standard InChI is InChI=1S/C22H17N3O3/c26-20(24-14-16-10-6-7-13-23-16)19(15-8-2-1-3-9-15)25-21(27)17-11-4-5-12-18(17)22(25)28/h1-13,19H,14H2,(H,24,26). The molecule has 0 bridgehead atoms. The van der Waals surface area contributed by atoms with E-state index in [4.69, 9.17) is 0 Å². The zero-order chi connectivity index (χ0) is 19.5. The van der Waals surface area contributed by atoms with Gasteiger partial charge in [0, 0.05) is 6.20 Å². The van der Waals surface area contributed by atoms with E-state index in [1.165, 1.54) is 0 Å². The maximum Gasteiger partial charge on any atom is 0.262 e. The lowest BCUT2D eigenvalue weighted by molar-refractivity contribution is -0.125. The van der Waals surface area contributed by atoms with Crippen molar-refractivity contribution in [2.75, 3.05) is 0 Å². The second-order valence-corrected chi connectivity index (χ2v) is 6.38. The molecule has 2 heterocycles. The van der Waals surface area contributed by atoms with Gasteiger partial charge in [0.25, 0.3) is 11.8 Å². The first kappa shape index (κ1) is 17.6. The van der Waals surface area contributed by atoms with Crippen LogP contribution in [0.1, 0.15) is 38.0 Å². The van der Waals surface area contributed by atoms with E-state index in [9.17, 15) is 14.4 Å². The summed E-state index contributed by atoms with van der Waals surface area (Å²) >= 11 is 0. The average molecular weight is 371 g/mol. The Morgan fingerprint density at radius 3 is 2.07 bits per heavy atom. The van der Waals surface area contributed by atoms with Crippen molar-refractivity contribution in [3.8, 4) is 0 Å². The second-order valence-electron chi connectivity index (χ2n) is 6.38. The van der Waals surface area contributed by atoms with Gasteiger partial charge in [0.1, 0.15) is 6.04 Å². The Hall–Kier alpha value is -3.80. The first-order chi connectivity index (χ1) is 13.7. The van der Waals surface area contributed by atoms with Crippen LogP contribution in [0, 0.1) is 0 Å². The smallest absolute Gasteiger partial charge is 0.262 e. The highest BCUT2D eigenvalue weighted by Gasteiger charge is 2.43. The zero-order valence-corrected chi connectivity index (χ0v) is 14.9. The van der Waals surface area contributed by atoms with Crippen LogP contribution in [0.5, 0.6) is 0 Å². The number of nitrogens with zero attached hydrogens (tertiary/aromatic N) is 2. The molecule has 1 atom stereocenters. The van der Waals surface area contributed by atoms with Gasteiger partial charge < -0.3 is 5.32 Å². The fraction of sp³-hybridized carbons (Fsp3) is 0.0909. The van der Waals surface area contributed by atoms with Crippen molar-refractivity contribution in [3.63, 3.8) is 0 Å². The molecule has 6 heteroatoms. The molecule has 1 aliphatic rings. The summed E-state index contributed by atoms with van der Waals surface area (Å²) in [4.78, 5) is 44.1. The van der Waals surface area contributed by atoms with Crippen LogP contribution in [-0.2, 0) is 11.3 Å². The van der Waals surface area contributed by atoms with Gasteiger partial charge in [-0.25, -0.2) is 0 Å². The summed E-state index contributed by atoms with van der Waals surface area (Å²) in [5.41, 5.74) is 1.87. The molecular weight excluding hydrogens is 354 g/mol. The molecule has 2 aromatic carbocycles. The molecule has 1 aromatic heterocycles. The quantitative estimate of drug-likeness (QED) is 0.700. The largest absolute Gasteiger partial charge is 0.348 e. The minimum Gasteiger partial charge on any atom is -0.348 e. The Morgan fingerprint density at radius 2 is 1.46 bits per heavy atom. The van der Waals surface area contributed by atoms with Gasteiger partial charge in [0.05, 0.1) is 23.4 Å². The number of benzene rings is 2. The lowest BCUT2D eigenvalue weighted by Crippen LogP contribution is -2.43. The van der Waals surface area contributed by atoms with Gasteiger partial charge in [-0.3, -0.25) is 24.3 Å². The van der Waals surface area contributed by atoms with E-state index in [-0.39, 0.29) is 6.54 Å². The van der Waals surface area contributed by atoms with Gasteiger partial charge in [0.15, 0.2) is 0 Å². The van der Waals surface area contributed by atoms with Crippen LogP contribution in [0.4, 0.5) is 0 Å². The SMILES string of the molecule is O=C(NCc1ccccn1)C(c1ccccc1)N1C(=O)c2ccccc2C1=O. The number of nitrogens with one attached hydrogen (secondary N) is 1. The number of imide groups is 1. The molecule has 0 saturated heterocycles. The van der Waals surface area contributed by atoms with Crippen molar-refractivity contribution in [2.24, 2.45) is 0 Å². The molecule has 0 radical (unpaired) electrons. The number of fused-ring (bicyclic) bond motifs is 1. The normalized spacial score (nSPS) is 13.9. The van der Waals surface area contributed by atoms with Crippen LogP contribution in [0.25, 0.3) is 0 Å². The number of carbonyl (C=O) groups excluding carboxylic acids is 3. The molecule has 3 aromatic rings. The van der Waals surface area contributed by atoms with Crippen molar-refractivity contribution >= 4 is 17.7 Å². The summed E-state index contributed by atoms with van der Waals surface area (Å²) in [6.07, 6.45) is 1.64. The number of hydrogen-bond acceptors (Lipinski definition) is 4. The molecule has 1 N–H and O–H groups in total. The molecule has 3 amide bonds. The van der Waals surface area contributed by atoms with E-state index in [1.54, 1.807) is 66.9 Å². The van der Waals surface area contributed by atoms with Gasteiger partial charge in [-0.05, 0) is 29.8 Å². The number of amides is 3. The maximum absolute atomic E-state index is 13.1. The Bertz CT molecular complexity index is 1000. The third kappa shape index (κ3) is 3.16. The zero-order valence-electron chi connectivity index (χ0n) is 14.9. The van der Waals surface area contributed by atoms with E-state index in [2.05, 4.69) is 10.3 Å². The Labute approximate surface area is 161 Å². The Kier molecular flexibility index (Phi) is 4.68. The van der Waals surface area contributed by atoms with Crippen molar-refractivity contribution in [2.45, 2.75) is 12.6 Å². The molecule has 28 heavy (non-hydrogen) atoms. The van der Waals surface area contributed by atoms with E-state index in [1.807, 2.05) is 12.1 Å². The van der Waals surface area contributed by atoms with E-state index >= 15 is 0 Å². The van der Waals surface area contributed by atoms with Crippen molar-refractivity contribution in [1.29, 1.82) is 0 Å². The number of hydrogen-bond donors (Lipinski definition) is 1. The molecular formula is C22H17N3O3. The molecule has 138 valence electrons. The third-order valence-electron chi connectivity index (χ3n) is 4.62. The van der Waals surface area contributed by atoms with Crippen LogP contribution < -0.4 is 5.32 Å². The highest BCUT2D eigenvalue weighted by molar-refractivity contribution is 6.22. The topological polar surface area (TPSA) is 79.4 Å². The molecule has 6 nitrogen and oxygen atoms in total. The van der Waals surface area contributed by atoms with Crippen LogP contribution in [-0.4, -0.2) is 27.6 Å². The Balaban J connectivity index is 1.66. The molecule has 1 unspecified atom stereocenters. The Morgan fingerprint density at radius 1 is 0.857 bits per heavy atom. The lowest BCUT2D eigenvalue weighted by atomic mass is 10.0. The van der Waals surface area contributed by atoms with Crippen molar-refractivity contribution < 1.29 is 14.4 Å². The summed E-state index contributed by atoms with van der Waals surface area (Å²) in [7, 11) is 0. The lowest BCUT2D eigenvalue weighted by Gasteiger charge is -2.25. The number of pyridine rings is 1. The van der Waals surface area contributed by atoms with Crippen LogP contribution in [0.2, 0.25) is 0 Å². The van der Waals surface area contributed by atoms with E-state index in [0.717, 1.165) is 4.90 Å². The van der Waals surface area contributed by atoms with Gasteiger partial charge >= 0.3 is 0 Å². The molecule has 0 spiro atoms. The van der Waals surface area contributed by atoms with Gasteiger partial charge in [0.2, 0.25) is 5.91 Å². The first-order valence-corrected chi connectivity index (χ1v) is 8.86. The minimum atomic E-state index is -1.06. The van der Waals surface area contributed by atoms with Crippen LogP contribution >= 0.6 is 0 Å². The maximum atomic E-state index is 13.1. The highest BCUT2D eigenvalue weighted by Crippen LogP contribution is 2.31. The number of carbonyl (C=O) groups is 3. The van der Waals surface area contributed by atoms with Crippen molar-refractivity contribution in [3.05, 3.63) is 101 Å². The number of rotatable bonds is 5. The van der Waals surface area contributed by atoms with Crippen molar-refractivity contribution in [1.82, 2.24) is 15.2 Å². The summed E-state index contributed by atoms with van der Waals surface area (Å²) in [6, 6.07) is 19.8. The fourth-order valence-electron chi connectivity index (χ4n) is 3.27. The molecule has 4 rings (SSSR count). The fourth-order valence-corrected chi connectivity index (χ4v) is 3.27. The summed E-state index contributed by atoms with van der Waals surface area (Å²) in [5.74, 6) is -1.38. The van der Waals surface area contributed by atoms with E-state index < -0.39 is 23.8 Å². The third-order valence-corrected chi connectivity index (χ3v) is 4.62. The summed E-state index contributed by atoms with van der Waals surface area (Å²) in [5, 5.41) is 2.79. The van der Waals surface area contributed by atoms with E-state index in [0.29, 0.717) is 22.4 Å². The van der Waals surface area contributed by atoms with Gasteiger partial charge in [-0.2, -0.15) is 0 Å². The van der Waals surface area contributed by atoms with Crippen LogP contribution in [0.15, 0.2) is 79.0 Å². The second kappa shape index (κ2) is 7.44. The summed E-state index contributed by atoms with van der Waals surface area (Å²) < 4.78 is 0. The van der Waals surface area contributed by atoms with Gasteiger partial charge in [-0.1, -0.05) is 48.5 Å². The summed E-state index contributed by atoms with van der Waals surface area (Å²) in [6.45, 7) is 0.201. The van der Waals surface area contributed by atoms with Crippen LogP contribution in [0.3, 0.4) is 0 Å². The molecule has 1 aliphatic heterocycles. The predicted molar refractivity (Wildman–Crippen MR) is 102 cm³/mol. The molecule has 0 saturated carbocycles. The van der Waals surface area contributed by atoms with Gasteiger partial charge in [-0.15, -0.1) is 0 Å². The minimum absolute atomic E-state index is 0.201. The monoisotopic (exact) mass is 371 g/mol. The average Bonchev–Trinajstić information content (AvgIpc) is 2.99. The highest BCUT2D eigenvalue weighted by atomic mass is 16.2. The predicted octanol–water partition coefficient (Wildman–Crippen LogP) is 2.74. The molecule has 0 fully saturated rings.